The molecule has 1 aliphatic heterocycles. The Morgan fingerprint density at radius 3 is 2.56 bits per heavy atom. The summed E-state index contributed by atoms with van der Waals surface area (Å²) in [6.45, 7) is 2.68. The number of ether oxygens (including phenoxy) is 1. The van der Waals surface area contributed by atoms with Crippen molar-refractivity contribution in [2.45, 2.75) is 25.6 Å². The summed E-state index contributed by atoms with van der Waals surface area (Å²) in [7, 11) is 1.71. The van der Waals surface area contributed by atoms with Crippen molar-refractivity contribution in [1.82, 2.24) is 14.9 Å². The van der Waals surface area contributed by atoms with Crippen LogP contribution in [0.5, 0.6) is 5.75 Å². The van der Waals surface area contributed by atoms with Gasteiger partial charge in [0.2, 0.25) is 5.95 Å². The van der Waals surface area contributed by atoms with Gasteiger partial charge in [-0.2, -0.15) is 0 Å². The normalized spacial score (nSPS) is 16.6. The summed E-state index contributed by atoms with van der Waals surface area (Å²) in [5.74, 6) is 1.58. The predicted molar refractivity (Wildman–Crippen MR) is 107 cm³/mol. The van der Waals surface area contributed by atoms with Gasteiger partial charge in [0.1, 0.15) is 5.75 Å². The molecule has 0 unspecified atom stereocenters. The van der Waals surface area contributed by atoms with Gasteiger partial charge in [-0.05, 0) is 29.7 Å². The molecule has 1 N–H and O–H groups in total. The Balaban J connectivity index is 1.34. The highest BCUT2D eigenvalue weighted by Gasteiger charge is 2.29. The molecule has 5 heteroatoms. The summed E-state index contributed by atoms with van der Waals surface area (Å²) >= 11 is 0. The van der Waals surface area contributed by atoms with Crippen LogP contribution in [0, 0.1) is 0 Å². The monoisotopic (exact) mass is 360 g/mol. The van der Waals surface area contributed by atoms with Gasteiger partial charge in [-0.25, -0.2) is 9.97 Å². The molecule has 27 heavy (non-hydrogen) atoms. The number of hydrogen-bond acceptors (Lipinski definition) is 5. The minimum atomic E-state index is 0.441. The summed E-state index contributed by atoms with van der Waals surface area (Å²) in [6.07, 6.45) is 5.01. The lowest BCUT2D eigenvalue weighted by molar-refractivity contribution is 0.0815. The molecular formula is C22H24N4O. The molecule has 5 nitrogen and oxygen atoms in total. The van der Waals surface area contributed by atoms with E-state index in [9.17, 15) is 0 Å². The first-order valence-electron chi connectivity index (χ1n) is 9.28. The fourth-order valence-electron chi connectivity index (χ4n) is 3.40. The van der Waals surface area contributed by atoms with Crippen LogP contribution in [0.4, 0.5) is 5.95 Å². The van der Waals surface area contributed by atoms with Crippen LogP contribution in [-0.4, -0.2) is 28.5 Å². The number of aromatic nitrogens is 2. The maximum absolute atomic E-state index is 5.35. The van der Waals surface area contributed by atoms with Gasteiger partial charge in [-0.15, -0.1) is 0 Å². The van der Waals surface area contributed by atoms with Gasteiger partial charge in [0.15, 0.2) is 0 Å². The number of likely N-dealkylation sites (tertiary alicyclic amines) is 1. The molecule has 1 aliphatic rings. The quantitative estimate of drug-likeness (QED) is 0.689. The highest BCUT2D eigenvalue weighted by molar-refractivity contribution is 5.32. The number of methoxy groups -OCH3 is 1. The Labute approximate surface area is 160 Å². The second-order valence-electron chi connectivity index (χ2n) is 6.81. The number of nitrogens with one attached hydrogen (secondary N) is 1. The molecule has 3 aromatic rings. The van der Waals surface area contributed by atoms with Crippen molar-refractivity contribution in [2.75, 3.05) is 19.0 Å². The molecule has 0 radical (unpaired) electrons. The number of benzene rings is 2. The summed E-state index contributed by atoms with van der Waals surface area (Å²) in [4.78, 5) is 11.4. The molecule has 0 spiro atoms. The highest BCUT2D eigenvalue weighted by atomic mass is 16.5. The van der Waals surface area contributed by atoms with Crippen LogP contribution in [0.25, 0.3) is 0 Å². The Morgan fingerprint density at radius 2 is 1.85 bits per heavy atom. The molecule has 4 rings (SSSR count). The zero-order valence-electron chi connectivity index (χ0n) is 15.5. The maximum atomic E-state index is 5.35. The molecule has 138 valence electrons. The van der Waals surface area contributed by atoms with E-state index in [1.807, 2.05) is 36.7 Å². The third-order valence-corrected chi connectivity index (χ3v) is 4.99. The molecule has 0 amide bonds. The van der Waals surface area contributed by atoms with Crippen LogP contribution in [0.1, 0.15) is 29.2 Å². The van der Waals surface area contributed by atoms with E-state index in [4.69, 9.17) is 4.74 Å². The second kappa shape index (κ2) is 8.18. The lowest BCUT2D eigenvalue weighted by Gasteiger charge is -2.41. The third kappa shape index (κ3) is 4.26. The van der Waals surface area contributed by atoms with E-state index in [0.717, 1.165) is 30.9 Å². The van der Waals surface area contributed by atoms with E-state index in [0.29, 0.717) is 12.0 Å². The van der Waals surface area contributed by atoms with E-state index >= 15 is 0 Å². The summed E-state index contributed by atoms with van der Waals surface area (Å²) < 4.78 is 5.35. The van der Waals surface area contributed by atoms with Gasteiger partial charge in [0.05, 0.1) is 7.11 Å². The van der Waals surface area contributed by atoms with Gasteiger partial charge >= 0.3 is 0 Å². The van der Waals surface area contributed by atoms with Crippen molar-refractivity contribution < 1.29 is 4.74 Å². The van der Waals surface area contributed by atoms with Crippen LogP contribution in [0.2, 0.25) is 0 Å². The molecule has 2 heterocycles. The minimum absolute atomic E-state index is 0.441. The first-order valence-corrected chi connectivity index (χ1v) is 9.28. The van der Waals surface area contributed by atoms with E-state index < -0.39 is 0 Å². The third-order valence-electron chi connectivity index (χ3n) is 4.99. The van der Waals surface area contributed by atoms with Crippen LogP contribution in [0.3, 0.4) is 0 Å². The first-order chi connectivity index (χ1) is 13.3. The zero-order chi connectivity index (χ0) is 18.5. The summed E-state index contributed by atoms with van der Waals surface area (Å²) in [5, 5.41) is 3.27. The molecule has 1 atom stereocenters. The lowest BCUT2D eigenvalue weighted by Crippen LogP contribution is -2.40. The molecular weight excluding hydrogens is 336 g/mol. The average Bonchev–Trinajstić information content (AvgIpc) is 2.71. The van der Waals surface area contributed by atoms with Crippen molar-refractivity contribution in [3.8, 4) is 5.75 Å². The largest absolute Gasteiger partial charge is 0.497 e. The number of anilines is 1. The maximum Gasteiger partial charge on any atom is 0.222 e. The van der Waals surface area contributed by atoms with E-state index in [1.165, 1.54) is 17.5 Å². The van der Waals surface area contributed by atoms with E-state index in [-0.39, 0.29) is 0 Å². The minimum Gasteiger partial charge on any atom is -0.497 e. The fraction of sp³-hybridized carbons (Fsp3) is 0.273. The molecule has 1 fully saturated rings. The van der Waals surface area contributed by atoms with Crippen molar-refractivity contribution in [3.05, 3.63) is 83.7 Å². The number of nitrogens with zero attached hydrogens (tertiary/aromatic N) is 3. The van der Waals surface area contributed by atoms with E-state index in [2.05, 4.69) is 50.5 Å². The van der Waals surface area contributed by atoms with Gasteiger partial charge in [-0.3, -0.25) is 4.90 Å². The fourth-order valence-corrected chi connectivity index (χ4v) is 3.40. The Morgan fingerprint density at radius 1 is 1.04 bits per heavy atom. The molecule has 0 aliphatic carbocycles. The van der Waals surface area contributed by atoms with E-state index in [1.54, 1.807) is 7.11 Å². The van der Waals surface area contributed by atoms with Crippen LogP contribution < -0.4 is 10.1 Å². The smallest absolute Gasteiger partial charge is 0.222 e. The van der Waals surface area contributed by atoms with Gasteiger partial charge < -0.3 is 10.1 Å². The molecule has 0 saturated carbocycles. The average molecular weight is 360 g/mol. The highest BCUT2D eigenvalue weighted by Crippen LogP contribution is 2.35. The number of rotatable bonds is 7. The van der Waals surface area contributed by atoms with Crippen LogP contribution in [0.15, 0.2) is 67.0 Å². The van der Waals surface area contributed by atoms with Gasteiger partial charge in [-0.1, -0.05) is 42.5 Å². The Kier molecular flexibility index (Phi) is 5.30. The predicted octanol–water partition coefficient (Wildman–Crippen LogP) is 4.04. The second-order valence-corrected chi connectivity index (χ2v) is 6.81. The summed E-state index contributed by atoms with van der Waals surface area (Å²) in [5.41, 5.74) is 3.66. The molecule has 2 aromatic carbocycles. The first kappa shape index (κ1) is 17.5. The summed E-state index contributed by atoms with van der Waals surface area (Å²) in [6, 6.07) is 19.0. The van der Waals surface area contributed by atoms with Crippen LogP contribution >= 0.6 is 0 Å². The van der Waals surface area contributed by atoms with Crippen molar-refractivity contribution >= 4 is 5.95 Å². The number of hydrogen-bond donors (Lipinski definition) is 1. The van der Waals surface area contributed by atoms with Crippen molar-refractivity contribution in [2.24, 2.45) is 0 Å². The molecule has 0 bridgehead atoms. The van der Waals surface area contributed by atoms with Crippen LogP contribution in [-0.2, 0) is 13.1 Å². The SMILES string of the molecule is COc1cccc([C@@H]2CCN2Cc2cnc(NCc3ccccc3)nc2)c1. The van der Waals surface area contributed by atoms with Gasteiger partial charge in [0, 0.05) is 43.6 Å². The van der Waals surface area contributed by atoms with Crippen molar-refractivity contribution in [3.63, 3.8) is 0 Å². The topological polar surface area (TPSA) is 50.3 Å². The standard InChI is InChI=1S/C22H24N4O/c1-27-20-9-5-8-19(12-20)21-10-11-26(21)16-18-14-24-22(25-15-18)23-13-17-6-3-2-4-7-17/h2-9,12,14-15,21H,10-11,13,16H2,1H3,(H,23,24,25)/t21-/m0/s1. The Hall–Kier alpha value is -2.92. The van der Waals surface area contributed by atoms with Crippen molar-refractivity contribution in [1.29, 1.82) is 0 Å². The lowest BCUT2D eigenvalue weighted by atomic mass is 9.94. The zero-order valence-corrected chi connectivity index (χ0v) is 15.5. The molecule has 1 saturated heterocycles. The molecule has 1 aromatic heterocycles. The Bertz CT molecular complexity index is 867. The van der Waals surface area contributed by atoms with Gasteiger partial charge in [0.25, 0.3) is 0 Å².